The number of nitrogens with one attached hydrogen (secondary N) is 1. The van der Waals surface area contributed by atoms with E-state index in [9.17, 15) is 13.6 Å². The molecule has 0 atom stereocenters. The Hall–Kier alpha value is -4.21. The maximum Gasteiger partial charge on any atom is 0.262 e. The number of furan rings is 1. The van der Waals surface area contributed by atoms with E-state index in [4.69, 9.17) is 9.15 Å². The van der Waals surface area contributed by atoms with E-state index in [0.717, 1.165) is 23.5 Å². The Labute approximate surface area is 168 Å². The van der Waals surface area contributed by atoms with Crippen LogP contribution in [0.1, 0.15) is 10.4 Å². The van der Waals surface area contributed by atoms with E-state index in [0.29, 0.717) is 17.1 Å². The van der Waals surface area contributed by atoms with Gasteiger partial charge in [0.25, 0.3) is 5.91 Å². The van der Waals surface area contributed by atoms with E-state index in [-0.39, 0.29) is 5.82 Å². The standard InChI is InChI=1S/C20H13F2N5O3/c1-29-20-13(4-12(5-26-20)11-2-3-30-10-11)16-8-25-17(9-24-16)27-19(28)18-14(21)6-23-7-15(18)22/h2-10H,1H3,(H,25,27,28). The lowest BCUT2D eigenvalue weighted by Crippen LogP contribution is -2.17. The van der Waals surface area contributed by atoms with Gasteiger partial charge >= 0.3 is 0 Å². The molecule has 30 heavy (non-hydrogen) atoms. The second-order valence-electron chi connectivity index (χ2n) is 6.01. The Kier molecular flexibility index (Phi) is 5.12. The third-order valence-electron chi connectivity index (χ3n) is 4.15. The number of methoxy groups -OCH3 is 1. The van der Waals surface area contributed by atoms with Crippen LogP contribution in [0.5, 0.6) is 5.88 Å². The lowest BCUT2D eigenvalue weighted by molar-refractivity contribution is 0.101. The molecule has 0 unspecified atom stereocenters. The summed E-state index contributed by atoms with van der Waals surface area (Å²) in [6, 6.07) is 3.59. The molecule has 8 nitrogen and oxygen atoms in total. The normalized spacial score (nSPS) is 10.6. The molecule has 4 aromatic rings. The quantitative estimate of drug-likeness (QED) is 0.536. The summed E-state index contributed by atoms with van der Waals surface area (Å²) in [5.74, 6) is -2.82. The molecular weight excluding hydrogens is 396 g/mol. The van der Waals surface area contributed by atoms with Gasteiger partial charge in [-0.15, -0.1) is 0 Å². The summed E-state index contributed by atoms with van der Waals surface area (Å²) in [7, 11) is 1.48. The van der Waals surface area contributed by atoms with Crippen LogP contribution in [0.15, 0.2) is 60.1 Å². The minimum atomic E-state index is -1.08. The molecular formula is C20H13F2N5O3. The van der Waals surface area contributed by atoms with Crippen molar-refractivity contribution >= 4 is 11.7 Å². The molecule has 0 aliphatic heterocycles. The van der Waals surface area contributed by atoms with Gasteiger partial charge in [0, 0.05) is 17.3 Å². The number of halogens is 2. The predicted molar refractivity (Wildman–Crippen MR) is 102 cm³/mol. The number of amides is 1. The van der Waals surface area contributed by atoms with Gasteiger partial charge in [-0.3, -0.25) is 14.8 Å². The number of nitrogens with zero attached hydrogens (tertiary/aromatic N) is 4. The Balaban J connectivity index is 1.61. The van der Waals surface area contributed by atoms with Crippen LogP contribution >= 0.6 is 0 Å². The maximum atomic E-state index is 13.7. The van der Waals surface area contributed by atoms with E-state index < -0.39 is 23.1 Å². The number of carbonyl (C=O) groups excluding carboxylic acids is 1. The average Bonchev–Trinajstić information content (AvgIpc) is 3.29. The second-order valence-corrected chi connectivity index (χ2v) is 6.01. The molecule has 1 N–H and O–H groups in total. The lowest BCUT2D eigenvalue weighted by atomic mass is 10.1. The first kappa shape index (κ1) is 19.1. The third kappa shape index (κ3) is 3.70. The molecule has 0 aliphatic rings. The van der Waals surface area contributed by atoms with Crippen molar-refractivity contribution in [3.63, 3.8) is 0 Å². The highest BCUT2D eigenvalue weighted by Gasteiger charge is 2.19. The highest BCUT2D eigenvalue weighted by Crippen LogP contribution is 2.31. The summed E-state index contributed by atoms with van der Waals surface area (Å²) in [6.07, 6.45) is 8.90. The fraction of sp³-hybridized carbons (Fsp3) is 0.0500. The van der Waals surface area contributed by atoms with Gasteiger partial charge in [-0.1, -0.05) is 0 Å². The van der Waals surface area contributed by atoms with Crippen molar-refractivity contribution in [1.82, 2.24) is 19.9 Å². The molecule has 0 fully saturated rings. The molecule has 0 aromatic carbocycles. The van der Waals surface area contributed by atoms with Crippen molar-refractivity contribution < 1.29 is 22.7 Å². The predicted octanol–water partition coefficient (Wildman–Crippen LogP) is 3.73. The number of ether oxygens (including phenoxy) is 1. The summed E-state index contributed by atoms with van der Waals surface area (Å²) in [4.78, 5) is 28.1. The van der Waals surface area contributed by atoms with Crippen LogP contribution in [0, 0.1) is 11.6 Å². The molecule has 0 spiro atoms. The van der Waals surface area contributed by atoms with Crippen molar-refractivity contribution in [2.45, 2.75) is 0 Å². The maximum absolute atomic E-state index is 13.7. The van der Waals surface area contributed by atoms with Gasteiger partial charge in [0.05, 0.1) is 55.7 Å². The van der Waals surface area contributed by atoms with Crippen LogP contribution in [-0.2, 0) is 0 Å². The first-order valence-electron chi connectivity index (χ1n) is 8.56. The van der Waals surface area contributed by atoms with Crippen LogP contribution in [0.2, 0.25) is 0 Å². The van der Waals surface area contributed by atoms with E-state index >= 15 is 0 Å². The van der Waals surface area contributed by atoms with E-state index in [1.165, 1.54) is 19.5 Å². The zero-order chi connectivity index (χ0) is 21.1. The number of pyridine rings is 2. The Morgan fingerprint density at radius 2 is 1.83 bits per heavy atom. The van der Waals surface area contributed by atoms with Crippen molar-refractivity contribution in [2.75, 3.05) is 12.4 Å². The van der Waals surface area contributed by atoms with Gasteiger partial charge in [-0.05, 0) is 12.1 Å². The molecule has 0 bridgehead atoms. The van der Waals surface area contributed by atoms with Gasteiger partial charge in [0.1, 0.15) is 5.56 Å². The van der Waals surface area contributed by atoms with Crippen LogP contribution in [-0.4, -0.2) is 33.0 Å². The first-order chi connectivity index (χ1) is 14.6. The van der Waals surface area contributed by atoms with E-state index in [1.54, 1.807) is 30.9 Å². The second kappa shape index (κ2) is 8.03. The zero-order valence-electron chi connectivity index (χ0n) is 15.5. The van der Waals surface area contributed by atoms with Crippen LogP contribution in [0.3, 0.4) is 0 Å². The molecule has 0 saturated heterocycles. The van der Waals surface area contributed by atoms with Gasteiger partial charge in [0.15, 0.2) is 17.5 Å². The first-order valence-corrected chi connectivity index (χ1v) is 8.56. The van der Waals surface area contributed by atoms with Crippen molar-refractivity contribution in [2.24, 2.45) is 0 Å². The minimum Gasteiger partial charge on any atom is -0.481 e. The number of anilines is 1. The number of rotatable bonds is 5. The molecule has 150 valence electrons. The summed E-state index contributed by atoms with van der Waals surface area (Å²) in [5, 5.41) is 2.30. The number of hydrogen-bond acceptors (Lipinski definition) is 7. The molecule has 4 aromatic heterocycles. The van der Waals surface area contributed by atoms with Crippen molar-refractivity contribution in [3.8, 4) is 28.3 Å². The largest absolute Gasteiger partial charge is 0.481 e. The lowest BCUT2D eigenvalue weighted by Gasteiger charge is -2.10. The summed E-state index contributed by atoms with van der Waals surface area (Å²) in [6.45, 7) is 0. The van der Waals surface area contributed by atoms with Crippen LogP contribution < -0.4 is 10.1 Å². The monoisotopic (exact) mass is 409 g/mol. The summed E-state index contributed by atoms with van der Waals surface area (Å²) < 4.78 is 37.8. The van der Waals surface area contributed by atoms with Crippen LogP contribution in [0.25, 0.3) is 22.4 Å². The molecule has 0 radical (unpaired) electrons. The minimum absolute atomic E-state index is 0.0114. The number of aromatic nitrogens is 4. The SMILES string of the molecule is COc1ncc(-c2ccoc2)cc1-c1cnc(NC(=O)c2c(F)cncc2F)cn1. The summed E-state index contributed by atoms with van der Waals surface area (Å²) >= 11 is 0. The fourth-order valence-corrected chi connectivity index (χ4v) is 2.72. The highest BCUT2D eigenvalue weighted by molar-refractivity contribution is 6.04. The number of hydrogen-bond donors (Lipinski definition) is 1. The molecule has 4 heterocycles. The van der Waals surface area contributed by atoms with Crippen molar-refractivity contribution in [1.29, 1.82) is 0 Å². The molecule has 0 saturated carbocycles. The Morgan fingerprint density at radius 3 is 2.47 bits per heavy atom. The molecule has 1 amide bonds. The smallest absolute Gasteiger partial charge is 0.262 e. The van der Waals surface area contributed by atoms with Gasteiger partial charge < -0.3 is 14.5 Å². The van der Waals surface area contributed by atoms with Gasteiger partial charge in [0.2, 0.25) is 5.88 Å². The fourth-order valence-electron chi connectivity index (χ4n) is 2.72. The Morgan fingerprint density at radius 1 is 1.03 bits per heavy atom. The third-order valence-corrected chi connectivity index (χ3v) is 4.15. The van der Waals surface area contributed by atoms with Gasteiger partial charge in [-0.2, -0.15) is 0 Å². The number of carbonyl (C=O) groups is 1. The summed E-state index contributed by atoms with van der Waals surface area (Å²) in [5.41, 5.74) is 1.83. The van der Waals surface area contributed by atoms with E-state index in [2.05, 4.69) is 25.3 Å². The molecule has 4 rings (SSSR count). The highest BCUT2D eigenvalue weighted by atomic mass is 19.1. The van der Waals surface area contributed by atoms with E-state index in [1.807, 2.05) is 0 Å². The zero-order valence-corrected chi connectivity index (χ0v) is 15.5. The Bertz CT molecular complexity index is 1180. The topological polar surface area (TPSA) is 103 Å². The average molecular weight is 409 g/mol. The van der Waals surface area contributed by atoms with Crippen molar-refractivity contribution in [3.05, 3.63) is 72.8 Å². The molecule has 0 aliphatic carbocycles. The van der Waals surface area contributed by atoms with Crippen LogP contribution in [0.4, 0.5) is 14.6 Å². The molecule has 10 heteroatoms. The van der Waals surface area contributed by atoms with Gasteiger partial charge in [-0.25, -0.2) is 18.7 Å².